The van der Waals surface area contributed by atoms with Crippen molar-refractivity contribution in [3.63, 3.8) is 0 Å². The van der Waals surface area contributed by atoms with Crippen LogP contribution in [-0.4, -0.2) is 18.4 Å². The van der Waals surface area contributed by atoms with Gasteiger partial charge in [-0.3, -0.25) is 9.59 Å². The van der Waals surface area contributed by atoms with E-state index in [4.69, 9.17) is 4.74 Å². The van der Waals surface area contributed by atoms with E-state index >= 15 is 0 Å². The van der Waals surface area contributed by atoms with Crippen LogP contribution in [0.1, 0.15) is 122 Å². The van der Waals surface area contributed by atoms with Crippen molar-refractivity contribution < 1.29 is 14.3 Å². The minimum absolute atomic E-state index is 0.0694. The second-order valence-electron chi connectivity index (χ2n) is 9.09. The fourth-order valence-corrected chi connectivity index (χ4v) is 3.93. The van der Waals surface area contributed by atoms with Crippen molar-refractivity contribution in [3.05, 3.63) is 35.9 Å². The summed E-state index contributed by atoms with van der Waals surface area (Å²) in [5.41, 5.74) is 0.892. The predicted molar refractivity (Wildman–Crippen MR) is 139 cm³/mol. The van der Waals surface area contributed by atoms with Gasteiger partial charge in [0, 0.05) is 19.5 Å². The third kappa shape index (κ3) is 18.1. The number of hydrogen-bond donors (Lipinski definition) is 1. The first kappa shape index (κ1) is 28.9. The van der Waals surface area contributed by atoms with Crippen LogP contribution in [0.5, 0.6) is 5.75 Å². The van der Waals surface area contributed by atoms with Crippen molar-refractivity contribution in [2.45, 2.75) is 117 Å². The molecule has 0 radical (unpaired) electrons. The van der Waals surface area contributed by atoms with Crippen molar-refractivity contribution in [1.82, 2.24) is 5.32 Å². The molecule has 0 heterocycles. The summed E-state index contributed by atoms with van der Waals surface area (Å²) in [6.07, 6.45) is 24.9. The van der Waals surface area contributed by atoms with E-state index in [0.29, 0.717) is 5.75 Å². The Morgan fingerprint density at radius 3 is 1.64 bits per heavy atom. The maximum absolute atomic E-state index is 11.9. The molecule has 1 rings (SSSR count). The summed E-state index contributed by atoms with van der Waals surface area (Å²) in [5.74, 6) is 0.0966. The molecule has 1 aromatic carbocycles. The zero-order valence-corrected chi connectivity index (χ0v) is 21.2. The molecule has 4 nitrogen and oxygen atoms in total. The van der Waals surface area contributed by atoms with Gasteiger partial charge >= 0.3 is 5.97 Å². The zero-order chi connectivity index (χ0) is 24.0. The molecule has 0 aliphatic rings. The van der Waals surface area contributed by atoms with Gasteiger partial charge in [0.2, 0.25) is 5.91 Å². The third-order valence-electron chi connectivity index (χ3n) is 5.90. The Kier molecular flexibility index (Phi) is 18.0. The number of rotatable bonds is 20. The number of nitrogens with one attached hydrogen (secondary N) is 1. The average molecular weight is 458 g/mol. The molecule has 0 bridgehead atoms. The van der Waals surface area contributed by atoms with Crippen LogP contribution in [0.4, 0.5) is 0 Å². The van der Waals surface area contributed by atoms with Crippen LogP contribution in [-0.2, 0) is 9.59 Å². The van der Waals surface area contributed by atoms with Crippen molar-refractivity contribution in [2.24, 2.45) is 0 Å². The third-order valence-corrected chi connectivity index (χ3v) is 5.90. The molecule has 0 atom stereocenters. The highest BCUT2D eigenvalue weighted by atomic mass is 16.5. The van der Waals surface area contributed by atoms with Gasteiger partial charge < -0.3 is 10.1 Å². The first-order valence-electron chi connectivity index (χ1n) is 13.4. The molecule has 0 aromatic heterocycles. The second-order valence-corrected chi connectivity index (χ2v) is 9.09. The van der Waals surface area contributed by atoms with E-state index in [9.17, 15) is 9.59 Å². The summed E-state index contributed by atoms with van der Waals surface area (Å²) < 4.78 is 5.00. The van der Waals surface area contributed by atoms with Crippen LogP contribution < -0.4 is 10.1 Å². The van der Waals surface area contributed by atoms with Crippen molar-refractivity contribution in [1.29, 1.82) is 0 Å². The van der Waals surface area contributed by atoms with E-state index in [0.717, 1.165) is 18.5 Å². The number of carbonyl (C=O) groups excluding carboxylic acids is 2. The molecule has 0 aliphatic heterocycles. The second kappa shape index (κ2) is 20.5. The van der Waals surface area contributed by atoms with Gasteiger partial charge in [-0.05, 0) is 30.2 Å². The lowest BCUT2D eigenvalue weighted by Gasteiger charge is -2.04. The fourth-order valence-electron chi connectivity index (χ4n) is 3.93. The highest BCUT2D eigenvalue weighted by molar-refractivity contribution is 5.91. The Morgan fingerprint density at radius 1 is 0.727 bits per heavy atom. The van der Waals surface area contributed by atoms with Crippen molar-refractivity contribution in [3.8, 4) is 5.75 Å². The fraction of sp³-hybridized carbons (Fsp3) is 0.655. The highest BCUT2D eigenvalue weighted by Crippen LogP contribution is 2.14. The van der Waals surface area contributed by atoms with Gasteiger partial charge in [-0.2, -0.15) is 0 Å². The predicted octanol–water partition coefficient (Wildman–Crippen LogP) is 8.00. The molecule has 1 aromatic rings. The number of esters is 1. The Balaban J connectivity index is 1.89. The normalized spacial score (nSPS) is 11.1. The van der Waals surface area contributed by atoms with E-state index in [1.807, 2.05) is 12.1 Å². The molecule has 0 unspecified atom stereocenters. The van der Waals surface area contributed by atoms with Gasteiger partial charge in [0.25, 0.3) is 0 Å². The molecule has 0 aliphatic carbocycles. The molecular weight excluding hydrogens is 410 g/mol. The average Bonchev–Trinajstić information content (AvgIpc) is 2.80. The summed E-state index contributed by atoms with van der Waals surface area (Å²) in [6.45, 7) is 4.38. The lowest BCUT2D eigenvalue weighted by molar-refractivity contribution is -0.131. The molecule has 0 saturated heterocycles. The summed E-state index contributed by atoms with van der Waals surface area (Å²) >= 11 is 0. The van der Waals surface area contributed by atoms with E-state index in [2.05, 4.69) is 12.2 Å². The van der Waals surface area contributed by atoms with Crippen LogP contribution in [0.15, 0.2) is 30.3 Å². The first-order valence-corrected chi connectivity index (χ1v) is 13.4. The van der Waals surface area contributed by atoms with Crippen molar-refractivity contribution >= 4 is 18.0 Å². The van der Waals surface area contributed by atoms with Crippen LogP contribution in [0.2, 0.25) is 0 Å². The number of hydrogen-bond acceptors (Lipinski definition) is 3. The van der Waals surface area contributed by atoms with E-state index in [1.165, 1.54) is 103 Å². The Bertz CT molecular complexity index is 651. The van der Waals surface area contributed by atoms with Gasteiger partial charge in [-0.1, -0.05) is 115 Å². The maximum atomic E-state index is 11.9. The minimum Gasteiger partial charge on any atom is -0.427 e. The van der Waals surface area contributed by atoms with E-state index < -0.39 is 0 Å². The zero-order valence-electron chi connectivity index (χ0n) is 21.2. The Labute approximate surface area is 202 Å². The molecule has 33 heavy (non-hydrogen) atoms. The van der Waals surface area contributed by atoms with E-state index in [1.54, 1.807) is 24.3 Å². The largest absolute Gasteiger partial charge is 0.427 e. The standard InChI is InChI=1S/C29H47NO3/c1-3-4-5-6-7-8-9-10-11-12-13-14-15-16-17-18-25-30-29(32)24-21-27-19-22-28(23-20-27)33-26(2)31/h19-24H,3-18,25H2,1-2H3,(H,30,32)/b24-21+. The van der Waals surface area contributed by atoms with Crippen LogP contribution in [0.25, 0.3) is 6.08 Å². The molecule has 0 spiro atoms. The van der Waals surface area contributed by atoms with Crippen molar-refractivity contribution in [2.75, 3.05) is 6.54 Å². The molecule has 1 amide bonds. The van der Waals surface area contributed by atoms with Crippen LogP contribution >= 0.6 is 0 Å². The van der Waals surface area contributed by atoms with Crippen LogP contribution in [0.3, 0.4) is 0 Å². The smallest absolute Gasteiger partial charge is 0.308 e. The summed E-state index contributed by atoms with van der Waals surface area (Å²) in [6, 6.07) is 7.07. The van der Waals surface area contributed by atoms with Crippen LogP contribution in [0, 0.1) is 0 Å². The lowest BCUT2D eigenvalue weighted by Crippen LogP contribution is -2.21. The lowest BCUT2D eigenvalue weighted by atomic mass is 10.0. The summed E-state index contributed by atoms with van der Waals surface area (Å²) in [5, 5.41) is 2.94. The number of ether oxygens (including phenoxy) is 1. The highest BCUT2D eigenvalue weighted by Gasteiger charge is 1.99. The number of unbranched alkanes of at least 4 members (excludes halogenated alkanes) is 15. The summed E-state index contributed by atoms with van der Waals surface area (Å²) in [4.78, 5) is 22.8. The number of carbonyl (C=O) groups is 2. The number of benzene rings is 1. The Hall–Kier alpha value is -2.10. The number of amides is 1. The molecule has 1 N–H and O–H groups in total. The molecule has 4 heteroatoms. The SMILES string of the molecule is CCCCCCCCCCCCCCCCCCNC(=O)/C=C/c1ccc(OC(C)=O)cc1. The molecular formula is C29H47NO3. The van der Waals surface area contributed by atoms with Gasteiger partial charge in [-0.15, -0.1) is 0 Å². The summed E-state index contributed by atoms with van der Waals surface area (Å²) in [7, 11) is 0. The van der Waals surface area contributed by atoms with Gasteiger partial charge in [-0.25, -0.2) is 0 Å². The Morgan fingerprint density at radius 2 is 1.18 bits per heavy atom. The van der Waals surface area contributed by atoms with Gasteiger partial charge in [0.15, 0.2) is 0 Å². The monoisotopic (exact) mass is 457 g/mol. The maximum Gasteiger partial charge on any atom is 0.308 e. The minimum atomic E-state index is -0.341. The molecule has 0 fully saturated rings. The topological polar surface area (TPSA) is 55.4 Å². The van der Waals surface area contributed by atoms with E-state index in [-0.39, 0.29) is 11.9 Å². The molecule has 0 saturated carbocycles. The first-order chi connectivity index (χ1) is 16.1. The van der Waals surface area contributed by atoms with Gasteiger partial charge in [0.1, 0.15) is 5.75 Å². The molecule has 186 valence electrons. The van der Waals surface area contributed by atoms with Gasteiger partial charge in [0.05, 0.1) is 0 Å². The quantitative estimate of drug-likeness (QED) is 0.0933.